The van der Waals surface area contributed by atoms with E-state index in [2.05, 4.69) is 5.32 Å². The number of amides is 3. The molecular formula is C29H26FN3O3. The highest BCUT2D eigenvalue weighted by Gasteiger charge is 2.71. The Balaban J connectivity index is 1.44. The third-order valence-corrected chi connectivity index (χ3v) is 7.87. The van der Waals surface area contributed by atoms with E-state index in [4.69, 9.17) is 0 Å². The minimum Gasteiger partial charge on any atom is -0.306 e. The minimum atomic E-state index is -1.37. The molecule has 3 amide bonds. The lowest BCUT2D eigenvalue weighted by molar-refractivity contribution is -0.143. The second-order valence-corrected chi connectivity index (χ2v) is 9.72. The Kier molecular flexibility index (Phi) is 5.26. The molecule has 0 aromatic heterocycles. The Bertz CT molecular complexity index is 1380. The average Bonchev–Trinajstić information content (AvgIpc) is 3.46. The molecule has 2 fully saturated rings. The van der Waals surface area contributed by atoms with Gasteiger partial charge in [0.15, 0.2) is 0 Å². The van der Waals surface area contributed by atoms with E-state index in [1.54, 1.807) is 23.1 Å². The molecule has 3 heterocycles. The van der Waals surface area contributed by atoms with Gasteiger partial charge >= 0.3 is 0 Å². The molecule has 7 heteroatoms. The number of imide groups is 1. The highest BCUT2D eigenvalue weighted by molar-refractivity contribution is 6.16. The van der Waals surface area contributed by atoms with Crippen molar-refractivity contribution >= 4 is 23.4 Å². The van der Waals surface area contributed by atoms with Crippen LogP contribution < -0.4 is 10.2 Å². The normalized spacial score (nSPS) is 26.7. The Morgan fingerprint density at radius 3 is 2.28 bits per heavy atom. The maximum atomic E-state index is 14.6. The van der Waals surface area contributed by atoms with Gasteiger partial charge in [0.2, 0.25) is 11.8 Å². The van der Waals surface area contributed by atoms with Crippen molar-refractivity contribution in [1.82, 2.24) is 10.2 Å². The van der Waals surface area contributed by atoms with Crippen LogP contribution >= 0.6 is 0 Å². The fourth-order valence-electron chi connectivity index (χ4n) is 6.24. The van der Waals surface area contributed by atoms with E-state index in [1.165, 1.54) is 11.0 Å². The number of para-hydroxylation sites is 1. The third kappa shape index (κ3) is 3.09. The predicted molar refractivity (Wildman–Crippen MR) is 132 cm³/mol. The number of nitrogens with one attached hydrogen (secondary N) is 1. The van der Waals surface area contributed by atoms with Crippen molar-refractivity contribution in [2.75, 3.05) is 4.90 Å². The zero-order valence-electron chi connectivity index (χ0n) is 19.9. The first-order chi connectivity index (χ1) is 17.5. The lowest BCUT2D eigenvalue weighted by atomic mass is 9.76. The van der Waals surface area contributed by atoms with Crippen LogP contribution in [0.25, 0.3) is 0 Å². The first-order valence-corrected chi connectivity index (χ1v) is 12.3. The number of hydrogen-bond acceptors (Lipinski definition) is 4. The minimum absolute atomic E-state index is 0.0377. The highest BCUT2D eigenvalue weighted by Crippen LogP contribution is 2.55. The summed E-state index contributed by atoms with van der Waals surface area (Å²) in [5, 5.41) is 3.45. The Morgan fingerprint density at radius 1 is 0.833 bits per heavy atom. The van der Waals surface area contributed by atoms with Gasteiger partial charge in [0.05, 0.1) is 24.9 Å². The average molecular weight is 484 g/mol. The fraction of sp³-hybridized carbons (Fsp3) is 0.276. The van der Waals surface area contributed by atoms with Gasteiger partial charge in [-0.25, -0.2) is 4.39 Å². The van der Waals surface area contributed by atoms with E-state index in [1.807, 2.05) is 61.5 Å². The molecule has 36 heavy (non-hydrogen) atoms. The molecule has 6 nitrogen and oxygen atoms in total. The topological polar surface area (TPSA) is 69.7 Å². The summed E-state index contributed by atoms with van der Waals surface area (Å²) in [5.41, 5.74) is 1.17. The van der Waals surface area contributed by atoms with Crippen LogP contribution in [0, 0.1) is 17.7 Å². The number of carbonyl (C=O) groups is 3. The molecule has 0 unspecified atom stereocenters. The molecule has 4 atom stereocenters. The van der Waals surface area contributed by atoms with Crippen molar-refractivity contribution in [2.45, 2.75) is 38.0 Å². The molecule has 0 radical (unpaired) electrons. The van der Waals surface area contributed by atoms with Crippen LogP contribution in [0.3, 0.4) is 0 Å². The molecule has 1 N–H and O–H groups in total. The Morgan fingerprint density at radius 2 is 1.53 bits per heavy atom. The van der Waals surface area contributed by atoms with Gasteiger partial charge in [0, 0.05) is 22.9 Å². The van der Waals surface area contributed by atoms with Gasteiger partial charge < -0.3 is 4.90 Å². The number of fused-ring (bicyclic) bond motifs is 4. The second kappa shape index (κ2) is 8.38. The summed E-state index contributed by atoms with van der Waals surface area (Å²) in [4.78, 5) is 44.7. The third-order valence-electron chi connectivity index (χ3n) is 7.87. The molecule has 3 aliphatic rings. The molecule has 2 saturated heterocycles. The molecule has 1 spiro atoms. The molecule has 3 aromatic rings. The summed E-state index contributed by atoms with van der Waals surface area (Å²) < 4.78 is 14.6. The van der Waals surface area contributed by atoms with Crippen molar-refractivity contribution in [3.05, 3.63) is 101 Å². The SMILES string of the molecule is CC[C@@H]1N[C@]2(C(=O)N(Cc3ccccc3F)c3ccccc32)[C@@H]2C(=O)N(Cc3ccccc3)C(=O)[C@@H]12. The Labute approximate surface area is 208 Å². The number of hydrogen-bond donors (Lipinski definition) is 1. The molecule has 182 valence electrons. The van der Waals surface area contributed by atoms with Crippen molar-refractivity contribution in [1.29, 1.82) is 0 Å². The van der Waals surface area contributed by atoms with Gasteiger partial charge in [-0.3, -0.25) is 24.6 Å². The van der Waals surface area contributed by atoms with Gasteiger partial charge in [-0.2, -0.15) is 0 Å². The van der Waals surface area contributed by atoms with E-state index < -0.39 is 23.2 Å². The van der Waals surface area contributed by atoms with Gasteiger partial charge in [-0.15, -0.1) is 0 Å². The lowest BCUT2D eigenvalue weighted by Crippen LogP contribution is -2.55. The summed E-state index contributed by atoms with van der Waals surface area (Å²) in [6.07, 6.45) is 0.587. The number of halogens is 1. The van der Waals surface area contributed by atoms with Gasteiger partial charge in [-0.1, -0.05) is 73.7 Å². The van der Waals surface area contributed by atoms with Crippen LogP contribution in [0.1, 0.15) is 30.0 Å². The lowest BCUT2D eigenvalue weighted by Gasteiger charge is -2.30. The monoisotopic (exact) mass is 483 g/mol. The van der Waals surface area contributed by atoms with Crippen LogP contribution in [0.15, 0.2) is 78.9 Å². The summed E-state index contributed by atoms with van der Waals surface area (Å²) in [6, 6.07) is 22.7. The first kappa shape index (κ1) is 22.6. The molecule has 6 rings (SSSR count). The number of rotatable bonds is 5. The molecule has 0 saturated carbocycles. The van der Waals surface area contributed by atoms with E-state index in [0.29, 0.717) is 23.2 Å². The van der Waals surface area contributed by atoms with Gasteiger partial charge in [0.25, 0.3) is 5.91 Å². The van der Waals surface area contributed by atoms with Crippen LogP contribution in [-0.4, -0.2) is 28.7 Å². The van der Waals surface area contributed by atoms with E-state index in [9.17, 15) is 18.8 Å². The van der Waals surface area contributed by atoms with E-state index in [-0.39, 0.29) is 36.9 Å². The quantitative estimate of drug-likeness (QED) is 0.562. The summed E-state index contributed by atoms with van der Waals surface area (Å²) in [6.45, 7) is 2.16. The van der Waals surface area contributed by atoms with Gasteiger partial charge in [0.1, 0.15) is 11.4 Å². The largest absolute Gasteiger partial charge is 0.306 e. The molecule has 0 aliphatic carbocycles. The summed E-state index contributed by atoms with van der Waals surface area (Å²) >= 11 is 0. The molecule has 3 aromatic carbocycles. The van der Waals surface area contributed by atoms with E-state index >= 15 is 0 Å². The summed E-state index contributed by atoms with van der Waals surface area (Å²) in [7, 11) is 0. The van der Waals surface area contributed by atoms with Crippen LogP contribution in [-0.2, 0) is 33.0 Å². The number of likely N-dealkylation sites (tertiary alicyclic amines) is 1. The Hall–Kier alpha value is -3.84. The zero-order chi connectivity index (χ0) is 25.0. The van der Waals surface area contributed by atoms with Gasteiger partial charge in [-0.05, 0) is 24.1 Å². The number of anilines is 1. The van der Waals surface area contributed by atoms with E-state index in [0.717, 1.165) is 5.56 Å². The molecule has 0 bridgehead atoms. The number of carbonyl (C=O) groups excluding carboxylic acids is 3. The maximum Gasteiger partial charge on any atom is 0.253 e. The highest BCUT2D eigenvalue weighted by atomic mass is 19.1. The van der Waals surface area contributed by atoms with Crippen molar-refractivity contribution < 1.29 is 18.8 Å². The maximum absolute atomic E-state index is 14.6. The first-order valence-electron chi connectivity index (χ1n) is 12.3. The summed E-state index contributed by atoms with van der Waals surface area (Å²) in [5.74, 6) is -2.81. The van der Waals surface area contributed by atoms with Crippen LogP contribution in [0.4, 0.5) is 10.1 Å². The second-order valence-electron chi connectivity index (χ2n) is 9.72. The standard InChI is InChI=1S/C29H26FN3O3/c1-2-22-24-25(27(35)33(26(24)34)16-18-10-4-3-5-11-18)29(31-22)20-13-7-9-15-23(20)32(28(29)36)17-19-12-6-8-14-21(19)30/h3-15,22,24-25,31H,2,16-17H2,1H3/t22-,24-,25-,29-/m0/s1. The zero-order valence-corrected chi connectivity index (χ0v) is 19.9. The van der Waals surface area contributed by atoms with Crippen LogP contribution in [0.5, 0.6) is 0 Å². The predicted octanol–water partition coefficient (Wildman–Crippen LogP) is 3.75. The fourth-order valence-corrected chi connectivity index (χ4v) is 6.24. The number of nitrogens with zero attached hydrogens (tertiary/aromatic N) is 2. The van der Waals surface area contributed by atoms with Crippen LogP contribution in [0.2, 0.25) is 0 Å². The number of benzene rings is 3. The van der Waals surface area contributed by atoms with Crippen molar-refractivity contribution in [2.24, 2.45) is 11.8 Å². The van der Waals surface area contributed by atoms with Crippen molar-refractivity contribution in [3.63, 3.8) is 0 Å². The molecular weight excluding hydrogens is 457 g/mol. The molecule has 3 aliphatic heterocycles. The smallest absolute Gasteiger partial charge is 0.253 e. The van der Waals surface area contributed by atoms with Crippen molar-refractivity contribution in [3.8, 4) is 0 Å².